The Balaban J connectivity index is 1.61. The number of carbonyl (C=O) groups is 2. The minimum absolute atomic E-state index is 0.0818. The lowest BCUT2D eigenvalue weighted by Gasteiger charge is -2.11. The smallest absolute Gasteiger partial charge is 0.251 e. The van der Waals surface area contributed by atoms with Crippen molar-refractivity contribution in [2.75, 3.05) is 24.6 Å². The highest BCUT2D eigenvalue weighted by Crippen LogP contribution is 2.22. The first kappa shape index (κ1) is 20.9. The normalized spacial score (nSPS) is 11.6. The Kier molecular flexibility index (Phi) is 8.28. The summed E-state index contributed by atoms with van der Waals surface area (Å²) in [6, 6.07) is 10.4. The van der Waals surface area contributed by atoms with Crippen molar-refractivity contribution in [3.05, 3.63) is 48.2 Å². The van der Waals surface area contributed by atoms with Crippen LogP contribution < -0.4 is 22.1 Å². The number of hydrogen-bond acceptors (Lipinski definition) is 7. The average molecular weight is 406 g/mol. The molecule has 2 aromatic rings. The summed E-state index contributed by atoms with van der Waals surface area (Å²) in [6.45, 7) is 0.823. The molecule has 7 nitrogen and oxygen atoms in total. The van der Waals surface area contributed by atoms with Gasteiger partial charge >= 0.3 is 0 Å². The number of hydrogen-bond donors (Lipinski definition) is 5. The molecule has 2 rings (SSSR count). The Morgan fingerprint density at radius 1 is 1.15 bits per heavy atom. The molecule has 0 aliphatic heterocycles. The van der Waals surface area contributed by atoms with E-state index in [2.05, 4.69) is 28.2 Å². The number of thioether (sulfide) groups is 1. The lowest BCUT2D eigenvalue weighted by Crippen LogP contribution is -2.30. The summed E-state index contributed by atoms with van der Waals surface area (Å²) in [4.78, 5) is 28.1. The van der Waals surface area contributed by atoms with Crippen molar-refractivity contribution in [3.8, 4) is 0 Å². The van der Waals surface area contributed by atoms with Gasteiger partial charge in [-0.05, 0) is 36.8 Å². The van der Waals surface area contributed by atoms with Gasteiger partial charge in [0.15, 0.2) is 0 Å². The van der Waals surface area contributed by atoms with Crippen LogP contribution in [0.25, 0.3) is 0 Å². The molecule has 0 saturated heterocycles. The van der Waals surface area contributed by atoms with E-state index in [4.69, 9.17) is 11.5 Å². The van der Waals surface area contributed by atoms with E-state index in [1.165, 1.54) is 17.8 Å². The van der Waals surface area contributed by atoms with Gasteiger partial charge in [-0.1, -0.05) is 17.8 Å². The van der Waals surface area contributed by atoms with E-state index in [0.29, 0.717) is 42.9 Å². The van der Waals surface area contributed by atoms with Gasteiger partial charge in [0, 0.05) is 31.3 Å². The van der Waals surface area contributed by atoms with E-state index >= 15 is 0 Å². The number of nitrogen functional groups attached to an aromatic ring is 2. The van der Waals surface area contributed by atoms with Gasteiger partial charge in [-0.3, -0.25) is 9.59 Å². The van der Waals surface area contributed by atoms with Gasteiger partial charge in [-0.25, -0.2) is 4.98 Å². The summed E-state index contributed by atoms with van der Waals surface area (Å²) in [5.74, 6) is -0.328. The van der Waals surface area contributed by atoms with E-state index < -0.39 is 0 Å². The third kappa shape index (κ3) is 7.40. The molecule has 9 heteroatoms. The van der Waals surface area contributed by atoms with Crippen LogP contribution >= 0.6 is 24.4 Å². The third-order valence-corrected chi connectivity index (χ3v) is 5.00. The van der Waals surface area contributed by atoms with Crippen molar-refractivity contribution in [1.82, 2.24) is 15.6 Å². The fourth-order valence-corrected chi connectivity index (χ4v) is 3.30. The predicted octanol–water partition coefficient (Wildman–Crippen LogP) is 1.92. The summed E-state index contributed by atoms with van der Waals surface area (Å²) >= 11 is 5.92. The molecule has 0 fully saturated rings. The molecule has 27 heavy (non-hydrogen) atoms. The minimum atomic E-state index is -0.246. The van der Waals surface area contributed by atoms with Gasteiger partial charge < -0.3 is 22.1 Å². The van der Waals surface area contributed by atoms with Crippen molar-refractivity contribution >= 4 is 47.6 Å². The molecule has 2 amide bonds. The number of thiol groups is 1. The van der Waals surface area contributed by atoms with Gasteiger partial charge in [-0.15, -0.1) is 0 Å². The molecular formula is C18H23N5O2S2. The summed E-state index contributed by atoms with van der Waals surface area (Å²) in [7, 11) is 0. The first-order valence-electron chi connectivity index (χ1n) is 8.41. The van der Waals surface area contributed by atoms with Crippen LogP contribution in [0.5, 0.6) is 0 Å². The van der Waals surface area contributed by atoms with Crippen LogP contribution in [0, 0.1) is 0 Å². The molecule has 6 N–H and O–H groups in total. The van der Waals surface area contributed by atoms with Crippen molar-refractivity contribution in [2.24, 2.45) is 0 Å². The summed E-state index contributed by atoms with van der Waals surface area (Å²) in [6.07, 6.45) is 2.57. The zero-order valence-electron chi connectivity index (χ0n) is 14.7. The van der Waals surface area contributed by atoms with E-state index in [-0.39, 0.29) is 16.4 Å². The van der Waals surface area contributed by atoms with Crippen LogP contribution in [0.2, 0.25) is 0 Å². The summed E-state index contributed by atoms with van der Waals surface area (Å²) < 4.78 is -0.0838. The van der Waals surface area contributed by atoms with Gasteiger partial charge in [0.2, 0.25) is 5.91 Å². The second-order valence-corrected chi connectivity index (χ2v) is 7.94. The fraction of sp³-hybridized carbons (Fsp3) is 0.278. The number of nitrogens with zero attached hydrogens (tertiary/aromatic N) is 1. The second kappa shape index (κ2) is 10.7. The molecule has 1 aromatic heterocycles. The fourth-order valence-electron chi connectivity index (χ4n) is 2.16. The highest BCUT2D eigenvalue weighted by molar-refractivity contribution is 8.10. The Morgan fingerprint density at radius 3 is 2.67 bits per heavy atom. The van der Waals surface area contributed by atoms with Crippen molar-refractivity contribution in [1.29, 1.82) is 0 Å². The molecule has 144 valence electrons. The molecule has 0 aliphatic carbocycles. The molecule has 1 aromatic carbocycles. The minimum Gasteiger partial charge on any atom is -0.397 e. The number of carbonyl (C=O) groups excluding carboxylic acids is 2. The number of nitrogens with two attached hydrogens (primary N) is 2. The molecule has 1 heterocycles. The van der Waals surface area contributed by atoms with E-state index in [1.54, 1.807) is 18.3 Å². The van der Waals surface area contributed by atoms with Crippen LogP contribution in [0.15, 0.2) is 47.6 Å². The van der Waals surface area contributed by atoms with Crippen LogP contribution in [-0.4, -0.2) is 34.5 Å². The molecule has 0 radical (unpaired) electrons. The van der Waals surface area contributed by atoms with Crippen LogP contribution in [0.1, 0.15) is 23.2 Å². The Morgan fingerprint density at radius 2 is 1.96 bits per heavy atom. The van der Waals surface area contributed by atoms with Crippen molar-refractivity contribution in [2.45, 2.75) is 22.4 Å². The second-order valence-electron chi connectivity index (χ2n) is 5.75. The molecule has 0 saturated carbocycles. The third-order valence-electron chi connectivity index (χ3n) is 3.58. The number of aromatic nitrogens is 1. The zero-order valence-corrected chi connectivity index (χ0v) is 16.4. The highest BCUT2D eigenvalue weighted by atomic mass is 32.2. The van der Waals surface area contributed by atoms with Crippen molar-refractivity contribution in [3.63, 3.8) is 0 Å². The summed E-state index contributed by atoms with van der Waals surface area (Å²) in [5.41, 5.74) is 12.6. The Bertz CT molecular complexity index is 774. The molecule has 1 unspecified atom stereocenters. The van der Waals surface area contributed by atoms with E-state index in [9.17, 15) is 9.59 Å². The Labute approximate surface area is 168 Å². The standard InChI is InChI=1S/C18H23N5O2S2/c19-13-7-6-12(10-14(13)20)18(25)22-9-3-4-15(24)23-11-17(26)27-16-5-1-2-8-21-16/h1-2,5-8,10,17,26H,3-4,9,11,19-20H2,(H,22,25)(H,23,24). The number of rotatable bonds is 9. The van der Waals surface area contributed by atoms with Gasteiger partial charge in [0.1, 0.15) is 0 Å². The maximum absolute atomic E-state index is 12.0. The van der Waals surface area contributed by atoms with Gasteiger partial charge in [0.05, 0.1) is 21.0 Å². The first-order chi connectivity index (χ1) is 13.0. The number of amides is 2. The Hall–Kier alpha value is -2.39. The van der Waals surface area contributed by atoms with Gasteiger partial charge in [0.25, 0.3) is 5.91 Å². The molecule has 1 atom stereocenters. The molecule has 0 spiro atoms. The van der Waals surface area contributed by atoms with Crippen LogP contribution in [0.4, 0.5) is 11.4 Å². The monoisotopic (exact) mass is 405 g/mol. The quantitative estimate of drug-likeness (QED) is 0.143. The summed E-state index contributed by atoms with van der Waals surface area (Å²) in [5, 5.41) is 6.44. The van der Waals surface area contributed by atoms with E-state index in [0.717, 1.165) is 5.03 Å². The molecule has 0 bridgehead atoms. The topological polar surface area (TPSA) is 123 Å². The lowest BCUT2D eigenvalue weighted by molar-refractivity contribution is -0.121. The van der Waals surface area contributed by atoms with Crippen LogP contribution in [-0.2, 0) is 4.79 Å². The lowest BCUT2D eigenvalue weighted by atomic mass is 10.1. The molecule has 0 aliphatic rings. The largest absolute Gasteiger partial charge is 0.397 e. The number of pyridine rings is 1. The number of benzene rings is 1. The maximum Gasteiger partial charge on any atom is 0.251 e. The van der Waals surface area contributed by atoms with Crippen molar-refractivity contribution < 1.29 is 9.59 Å². The first-order valence-corrected chi connectivity index (χ1v) is 9.81. The van der Waals surface area contributed by atoms with E-state index in [1.807, 2.05) is 18.2 Å². The number of nitrogens with one attached hydrogen (secondary N) is 2. The van der Waals surface area contributed by atoms with Crippen LogP contribution in [0.3, 0.4) is 0 Å². The number of anilines is 2. The maximum atomic E-state index is 12.0. The van der Waals surface area contributed by atoms with Gasteiger partial charge in [-0.2, -0.15) is 12.6 Å². The average Bonchev–Trinajstić information content (AvgIpc) is 2.66. The molecular weight excluding hydrogens is 382 g/mol. The predicted molar refractivity (Wildman–Crippen MR) is 113 cm³/mol. The zero-order chi connectivity index (χ0) is 19.6. The SMILES string of the molecule is Nc1ccc(C(=O)NCCCC(=O)NCC(S)Sc2ccccn2)cc1N. The highest BCUT2D eigenvalue weighted by Gasteiger charge is 2.10.